The van der Waals surface area contributed by atoms with E-state index in [4.69, 9.17) is 18.9 Å². The van der Waals surface area contributed by atoms with Crippen LogP contribution in [0.15, 0.2) is 42.5 Å². The van der Waals surface area contributed by atoms with Crippen molar-refractivity contribution >= 4 is 12.0 Å². The van der Waals surface area contributed by atoms with E-state index in [9.17, 15) is 4.79 Å². The molecule has 1 fully saturated rings. The molecule has 7 heteroatoms. The fourth-order valence-corrected chi connectivity index (χ4v) is 5.31. The Morgan fingerprint density at radius 1 is 0.947 bits per heavy atom. The van der Waals surface area contributed by atoms with Crippen molar-refractivity contribution in [3.63, 3.8) is 0 Å². The van der Waals surface area contributed by atoms with E-state index in [1.807, 2.05) is 42.5 Å². The summed E-state index contributed by atoms with van der Waals surface area (Å²) in [4.78, 5) is 17.8. The van der Waals surface area contributed by atoms with Gasteiger partial charge in [0.25, 0.3) is 0 Å². The first kappa shape index (κ1) is 27.8. The molecule has 1 heterocycles. The molecule has 0 saturated heterocycles. The molecule has 38 heavy (non-hydrogen) atoms. The summed E-state index contributed by atoms with van der Waals surface area (Å²) < 4.78 is 21.6. The first-order valence-corrected chi connectivity index (χ1v) is 13.8. The Bertz CT molecular complexity index is 1080. The number of nitrogens with zero attached hydrogens (tertiary/aromatic N) is 2. The Hall–Kier alpha value is -3.19. The van der Waals surface area contributed by atoms with E-state index in [2.05, 4.69) is 22.9 Å². The lowest BCUT2D eigenvalue weighted by Crippen LogP contribution is -2.42. The highest BCUT2D eigenvalue weighted by atomic mass is 16.7. The van der Waals surface area contributed by atoms with Gasteiger partial charge in [-0.1, -0.05) is 43.5 Å². The van der Waals surface area contributed by atoms with Crippen LogP contribution in [0.25, 0.3) is 6.08 Å². The lowest BCUT2D eigenvalue weighted by atomic mass is 9.93. The van der Waals surface area contributed by atoms with Gasteiger partial charge in [0.05, 0.1) is 14.2 Å². The van der Waals surface area contributed by atoms with Crippen molar-refractivity contribution in [3.8, 4) is 23.0 Å². The van der Waals surface area contributed by atoms with Crippen LogP contribution in [0.1, 0.15) is 56.1 Å². The summed E-state index contributed by atoms with van der Waals surface area (Å²) >= 11 is 0. The molecule has 0 bridgehead atoms. The van der Waals surface area contributed by atoms with Crippen molar-refractivity contribution in [3.05, 3.63) is 53.6 Å². The zero-order chi connectivity index (χ0) is 26.7. The maximum Gasteiger partial charge on any atom is 0.231 e. The second kappa shape index (κ2) is 14.1. The number of ether oxygens (including phenoxy) is 4. The van der Waals surface area contributed by atoms with E-state index in [-0.39, 0.29) is 12.7 Å². The molecule has 1 aliphatic heterocycles. The Labute approximate surface area is 227 Å². The molecule has 206 valence electrons. The zero-order valence-corrected chi connectivity index (χ0v) is 23.1. The minimum absolute atomic E-state index is 0.224. The molecule has 2 aliphatic rings. The van der Waals surface area contributed by atoms with Gasteiger partial charge >= 0.3 is 0 Å². The van der Waals surface area contributed by atoms with Gasteiger partial charge in [-0.3, -0.25) is 4.79 Å². The van der Waals surface area contributed by atoms with Crippen LogP contribution in [0.5, 0.6) is 23.0 Å². The Kier molecular flexibility index (Phi) is 10.3. The van der Waals surface area contributed by atoms with Gasteiger partial charge in [0.2, 0.25) is 12.7 Å². The van der Waals surface area contributed by atoms with Crippen LogP contribution in [-0.4, -0.2) is 69.4 Å². The largest absolute Gasteiger partial charge is 0.493 e. The molecule has 4 rings (SSSR count). The quantitative estimate of drug-likeness (QED) is 0.343. The summed E-state index contributed by atoms with van der Waals surface area (Å²) in [7, 11) is 5.48. The van der Waals surface area contributed by atoms with Gasteiger partial charge in [-0.15, -0.1) is 0 Å². The smallest absolute Gasteiger partial charge is 0.231 e. The number of fused-ring (bicyclic) bond motifs is 1. The number of methoxy groups -OCH3 is 2. The minimum atomic E-state index is 0.224. The van der Waals surface area contributed by atoms with Crippen molar-refractivity contribution < 1.29 is 23.7 Å². The molecule has 2 aromatic rings. The number of likely N-dealkylation sites (N-methyl/N-ethyl adjacent to an activating group) is 1. The normalized spacial score (nSPS) is 15.3. The van der Waals surface area contributed by atoms with Gasteiger partial charge in [0.15, 0.2) is 23.0 Å². The van der Waals surface area contributed by atoms with Crippen molar-refractivity contribution in [2.45, 2.75) is 57.4 Å². The summed E-state index contributed by atoms with van der Waals surface area (Å²) in [6.45, 7) is 2.98. The Morgan fingerprint density at radius 2 is 1.74 bits per heavy atom. The standard InChI is InChI=1S/C31H42N2O5/c1-32(20-17-25-13-15-27(35-2)29(21-25)36-3)18-8-19-33(26-10-5-4-6-11-26)31(34)12-7-9-24-14-16-28-30(22-24)38-23-37-28/h7,9,13-16,21-22,26H,4-6,8,10-12,17-20,23H2,1-3H3. The van der Waals surface area contributed by atoms with Crippen molar-refractivity contribution in [2.24, 2.45) is 0 Å². The van der Waals surface area contributed by atoms with Crippen LogP contribution in [0, 0.1) is 0 Å². The number of carbonyl (C=O) groups is 1. The molecule has 7 nitrogen and oxygen atoms in total. The molecule has 1 saturated carbocycles. The molecule has 0 N–H and O–H groups in total. The van der Waals surface area contributed by atoms with Crippen molar-refractivity contribution in [1.82, 2.24) is 9.80 Å². The number of amides is 1. The average Bonchev–Trinajstić information content (AvgIpc) is 3.42. The molecule has 0 unspecified atom stereocenters. The number of carbonyl (C=O) groups excluding carboxylic acids is 1. The molecule has 1 amide bonds. The predicted molar refractivity (Wildman–Crippen MR) is 150 cm³/mol. The van der Waals surface area contributed by atoms with Crippen molar-refractivity contribution in [1.29, 1.82) is 0 Å². The molecule has 0 atom stereocenters. The van der Waals surface area contributed by atoms with Crippen LogP contribution in [0.3, 0.4) is 0 Å². The highest BCUT2D eigenvalue weighted by Crippen LogP contribution is 2.33. The van der Waals surface area contributed by atoms with E-state index in [0.717, 1.165) is 73.9 Å². The van der Waals surface area contributed by atoms with E-state index >= 15 is 0 Å². The van der Waals surface area contributed by atoms with E-state index in [0.29, 0.717) is 12.5 Å². The third kappa shape index (κ3) is 7.67. The second-order valence-corrected chi connectivity index (χ2v) is 10.2. The highest BCUT2D eigenvalue weighted by molar-refractivity contribution is 5.79. The van der Waals surface area contributed by atoms with Gasteiger partial charge in [-0.05, 0) is 74.7 Å². The van der Waals surface area contributed by atoms with E-state index < -0.39 is 0 Å². The SMILES string of the molecule is COc1ccc(CCN(C)CCCN(C(=O)CC=Cc2ccc3c(c2)OCO3)C2CCCCC2)cc1OC. The van der Waals surface area contributed by atoms with Crippen LogP contribution < -0.4 is 18.9 Å². The van der Waals surface area contributed by atoms with Gasteiger partial charge in [0.1, 0.15) is 0 Å². The predicted octanol–water partition coefficient (Wildman–Crippen LogP) is 5.56. The highest BCUT2D eigenvalue weighted by Gasteiger charge is 2.24. The van der Waals surface area contributed by atoms with E-state index in [1.54, 1.807) is 14.2 Å². The van der Waals surface area contributed by atoms with Gasteiger partial charge in [-0.2, -0.15) is 0 Å². The molecular formula is C31H42N2O5. The van der Waals surface area contributed by atoms with Crippen LogP contribution in [0.2, 0.25) is 0 Å². The van der Waals surface area contributed by atoms with Crippen LogP contribution >= 0.6 is 0 Å². The first-order valence-electron chi connectivity index (χ1n) is 13.8. The molecule has 0 spiro atoms. The topological polar surface area (TPSA) is 60.5 Å². The maximum atomic E-state index is 13.3. The van der Waals surface area contributed by atoms with Crippen LogP contribution in [0.4, 0.5) is 0 Å². The lowest BCUT2D eigenvalue weighted by Gasteiger charge is -2.35. The lowest BCUT2D eigenvalue weighted by molar-refractivity contribution is -0.133. The fraction of sp³-hybridized carbons (Fsp3) is 0.516. The molecule has 0 radical (unpaired) electrons. The molecule has 0 aromatic heterocycles. The zero-order valence-electron chi connectivity index (χ0n) is 23.1. The second-order valence-electron chi connectivity index (χ2n) is 10.2. The number of benzene rings is 2. The maximum absolute atomic E-state index is 13.3. The summed E-state index contributed by atoms with van der Waals surface area (Å²) in [5.41, 5.74) is 2.24. The molecule has 2 aromatic carbocycles. The van der Waals surface area contributed by atoms with E-state index in [1.165, 1.54) is 24.8 Å². The first-order chi connectivity index (χ1) is 18.6. The number of hydrogen-bond acceptors (Lipinski definition) is 6. The van der Waals surface area contributed by atoms with Gasteiger partial charge < -0.3 is 28.7 Å². The molecule has 1 aliphatic carbocycles. The number of rotatable bonds is 13. The number of hydrogen-bond donors (Lipinski definition) is 0. The fourth-order valence-electron chi connectivity index (χ4n) is 5.31. The summed E-state index contributed by atoms with van der Waals surface area (Å²) in [6, 6.07) is 12.3. The monoisotopic (exact) mass is 522 g/mol. The Morgan fingerprint density at radius 3 is 2.53 bits per heavy atom. The van der Waals surface area contributed by atoms with Gasteiger partial charge in [0, 0.05) is 25.6 Å². The molecular weight excluding hydrogens is 480 g/mol. The summed E-state index contributed by atoms with van der Waals surface area (Å²) in [5.74, 6) is 3.28. The Balaban J connectivity index is 1.26. The van der Waals surface area contributed by atoms with Crippen molar-refractivity contribution in [2.75, 3.05) is 47.7 Å². The third-order valence-electron chi connectivity index (χ3n) is 7.50. The van der Waals surface area contributed by atoms with Gasteiger partial charge in [-0.25, -0.2) is 0 Å². The van der Waals surface area contributed by atoms with Crippen LogP contribution in [-0.2, 0) is 11.2 Å². The minimum Gasteiger partial charge on any atom is -0.493 e. The third-order valence-corrected chi connectivity index (χ3v) is 7.50. The summed E-state index contributed by atoms with van der Waals surface area (Å²) in [5, 5.41) is 0. The average molecular weight is 523 g/mol. The summed E-state index contributed by atoms with van der Waals surface area (Å²) in [6.07, 6.45) is 12.2.